The van der Waals surface area contributed by atoms with Gasteiger partial charge in [-0.05, 0) is 20.9 Å². The number of rotatable bonds is 7. The molecule has 0 fully saturated rings. The lowest BCUT2D eigenvalue weighted by atomic mass is 10.2. The van der Waals surface area contributed by atoms with E-state index in [4.69, 9.17) is 14.6 Å². The lowest BCUT2D eigenvalue weighted by Gasteiger charge is -2.27. The summed E-state index contributed by atoms with van der Waals surface area (Å²) < 4.78 is 10.3. The first-order chi connectivity index (χ1) is 6.42. The molecule has 0 amide bonds. The van der Waals surface area contributed by atoms with Crippen LogP contribution in [0.15, 0.2) is 0 Å². The van der Waals surface area contributed by atoms with E-state index >= 15 is 0 Å². The molecule has 3 N–H and O–H groups in total. The molecule has 0 aliphatic carbocycles. The van der Waals surface area contributed by atoms with Crippen LogP contribution in [0.3, 0.4) is 0 Å². The molecule has 5 nitrogen and oxygen atoms in total. The Balaban J connectivity index is 4.01. The molecule has 0 aliphatic heterocycles. The lowest BCUT2D eigenvalue weighted by Crippen LogP contribution is -2.40. The Labute approximate surface area is 85.0 Å². The first-order valence-electron chi connectivity index (χ1n) is 4.64. The van der Waals surface area contributed by atoms with E-state index in [1.807, 2.05) is 0 Å². The number of hydrogen-bond acceptors (Lipinski definition) is 5. The van der Waals surface area contributed by atoms with Crippen LogP contribution < -0.4 is 5.32 Å². The zero-order valence-electron chi connectivity index (χ0n) is 9.28. The topological polar surface area (TPSA) is 71.0 Å². The van der Waals surface area contributed by atoms with Crippen LogP contribution in [-0.2, 0) is 9.47 Å². The SMILES string of the molecule is CNC(CC(CO)OC)OC(C)(C)O. The normalized spacial score (nSPS) is 16.7. The summed E-state index contributed by atoms with van der Waals surface area (Å²) >= 11 is 0. The molecule has 0 aromatic rings. The third kappa shape index (κ3) is 6.28. The highest BCUT2D eigenvalue weighted by Gasteiger charge is 2.22. The third-order valence-corrected chi connectivity index (χ3v) is 1.77. The molecule has 0 radical (unpaired) electrons. The van der Waals surface area contributed by atoms with Crippen molar-refractivity contribution in [3.05, 3.63) is 0 Å². The minimum absolute atomic E-state index is 0.0656. The molecule has 14 heavy (non-hydrogen) atoms. The Kier molecular flexibility index (Phi) is 6.22. The van der Waals surface area contributed by atoms with Gasteiger partial charge in [-0.2, -0.15) is 0 Å². The van der Waals surface area contributed by atoms with Crippen LogP contribution in [0, 0.1) is 0 Å². The quantitative estimate of drug-likeness (QED) is 0.499. The molecular formula is C9H21NO4. The highest BCUT2D eigenvalue weighted by atomic mass is 16.6. The highest BCUT2D eigenvalue weighted by molar-refractivity contribution is 4.64. The molecule has 0 aromatic carbocycles. The van der Waals surface area contributed by atoms with Gasteiger partial charge in [0.15, 0.2) is 5.79 Å². The molecule has 0 heterocycles. The predicted octanol–water partition coefficient (Wildman–Crippen LogP) is -0.326. The Morgan fingerprint density at radius 3 is 2.29 bits per heavy atom. The number of nitrogens with one attached hydrogen (secondary N) is 1. The fraction of sp³-hybridized carbons (Fsp3) is 1.00. The summed E-state index contributed by atoms with van der Waals surface area (Å²) in [5.74, 6) is -1.19. The van der Waals surface area contributed by atoms with Gasteiger partial charge in [-0.25, -0.2) is 0 Å². The number of ether oxygens (including phenoxy) is 2. The van der Waals surface area contributed by atoms with Crippen LogP contribution in [0.2, 0.25) is 0 Å². The van der Waals surface area contributed by atoms with Crippen molar-refractivity contribution in [1.29, 1.82) is 0 Å². The van der Waals surface area contributed by atoms with Gasteiger partial charge in [-0.1, -0.05) is 0 Å². The van der Waals surface area contributed by atoms with Crippen LogP contribution in [-0.4, -0.2) is 49.1 Å². The fourth-order valence-electron chi connectivity index (χ4n) is 1.06. The first kappa shape index (κ1) is 13.8. The van der Waals surface area contributed by atoms with Crippen LogP contribution in [0.25, 0.3) is 0 Å². The van der Waals surface area contributed by atoms with Crippen LogP contribution >= 0.6 is 0 Å². The number of aliphatic hydroxyl groups is 2. The minimum Gasteiger partial charge on any atom is -0.394 e. The first-order valence-corrected chi connectivity index (χ1v) is 4.64. The molecular weight excluding hydrogens is 186 g/mol. The second kappa shape index (κ2) is 6.31. The maximum Gasteiger partial charge on any atom is 0.161 e. The monoisotopic (exact) mass is 207 g/mol. The average Bonchev–Trinajstić information content (AvgIpc) is 2.10. The Hall–Kier alpha value is -0.200. The van der Waals surface area contributed by atoms with Gasteiger partial charge < -0.3 is 19.7 Å². The van der Waals surface area contributed by atoms with Gasteiger partial charge >= 0.3 is 0 Å². The summed E-state index contributed by atoms with van der Waals surface area (Å²) in [7, 11) is 3.25. The molecule has 0 saturated heterocycles. The third-order valence-electron chi connectivity index (χ3n) is 1.77. The molecule has 2 unspecified atom stereocenters. The Morgan fingerprint density at radius 1 is 1.43 bits per heavy atom. The number of methoxy groups -OCH3 is 1. The van der Waals surface area contributed by atoms with E-state index in [1.54, 1.807) is 20.9 Å². The zero-order chi connectivity index (χ0) is 11.2. The van der Waals surface area contributed by atoms with Gasteiger partial charge in [0, 0.05) is 13.5 Å². The molecule has 0 rings (SSSR count). The van der Waals surface area contributed by atoms with Crippen LogP contribution in [0.4, 0.5) is 0 Å². The summed E-state index contributed by atoms with van der Waals surface area (Å²) in [4.78, 5) is 0. The summed E-state index contributed by atoms with van der Waals surface area (Å²) in [6, 6.07) is 0. The van der Waals surface area contributed by atoms with Crippen molar-refractivity contribution in [2.45, 2.75) is 38.4 Å². The zero-order valence-corrected chi connectivity index (χ0v) is 9.28. The van der Waals surface area contributed by atoms with Crippen LogP contribution in [0.1, 0.15) is 20.3 Å². The largest absolute Gasteiger partial charge is 0.394 e. The van der Waals surface area contributed by atoms with E-state index in [1.165, 1.54) is 7.11 Å². The Morgan fingerprint density at radius 2 is 2.00 bits per heavy atom. The van der Waals surface area contributed by atoms with Gasteiger partial charge in [0.2, 0.25) is 0 Å². The molecule has 2 atom stereocenters. The van der Waals surface area contributed by atoms with Crippen molar-refractivity contribution < 1.29 is 19.7 Å². The maximum atomic E-state index is 9.41. The lowest BCUT2D eigenvalue weighted by molar-refractivity contribution is -0.217. The number of hydrogen-bond donors (Lipinski definition) is 3. The second-order valence-electron chi connectivity index (χ2n) is 3.62. The maximum absolute atomic E-state index is 9.41. The van der Waals surface area contributed by atoms with Gasteiger partial charge in [0.25, 0.3) is 0 Å². The van der Waals surface area contributed by atoms with E-state index in [0.29, 0.717) is 6.42 Å². The van der Waals surface area contributed by atoms with E-state index in [0.717, 1.165) is 0 Å². The van der Waals surface area contributed by atoms with Gasteiger partial charge in [-0.3, -0.25) is 5.32 Å². The average molecular weight is 207 g/mol. The Bertz CT molecular complexity index is 142. The van der Waals surface area contributed by atoms with Crippen molar-refractivity contribution in [3.63, 3.8) is 0 Å². The smallest absolute Gasteiger partial charge is 0.161 e. The second-order valence-corrected chi connectivity index (χ2v) is 3.62. The summed E-state index contributed by atoms with van der Waals surface area (Å²) in [6.07, 6.45) is -0.144. The fourth-order valence-corrected chi connectivity index (χ4v) is 1.06. The van der Waals surface area contributed by atoms with Crippen molar-refractivity contribution in [1.82, 2.24) is 5.32 Å². The molecule has 0 spiro atoms. The van der Waals surface area contributed by atoms with Crippen molar-refractivity contribution in [3.8, 4) is 0 Å². The predicted molar refractivity (Wildman–Crippen MR) is 52.7 cm³/mol. The molecule has 5 heteroatoms. The minimum atomic E-state index is -1.19. The van der Waals surface area contributed by atoms with E-state index in [9.17, 15) is 5.11 Å². The summed E-state index contributed by atoms with van der Waals surface area (Å²) in [5.41, 5.74) is 0. The molecule has 0 aromatic heterocycles. The van der Waals surface area contributed by atoms with E-state index in [2.05, 4.69) is 5.32 Å². The highest BCUT2D eigenvalue weighted by Crippen LogP contribution is 2.11. The van der Waals surface area contributed by atoms with Crippen molar-refractivity contribution in [2.75, 3.05) is 20.8 Å². The van der Waals surface area contributed by atoms with Crippen LogP contribution in [0.5, 0.6) is 0 Å². The van der Waals surface area contributed by atoms with E-state index < -0.39 is 5.79 Å². The summed E-state index contributed by atoms with van der Waals surface area (Å²) in [6.45, 7) is 3.04. The summed E-state index contributed by atoms with van der Waals surface area (Å²) in [5, 5.41) is 21.2. The molecule has 86 valence electrons. The van der Waals surface area contributed by atoms with Gasteiger partial charge in [0.05, 0.1) is 12.7 Å². The standard InChI is InChI=1S/C9H21NO4/c1-9(2,12)14-8(10-3)5-7(6-11)13-4/h7-8,10-12H,5-6H2,1-4H3. The van der Waals surface area contributed by atoms with Crippen molar-refractivity contribution >= 4 is 0 Å². The van der Waals surface area contributed by atoms with Gasteiger partial charge in [0.1, 0.15) is 6.23 Å². The van der Waals surface area contributed by atoms with E-state index in [-0.39, 0.29) is 18.9 Å². The van der Waals surface area contributed by atoms with Gasteiger partial charge in [-0.15, -0.1) is 0 Å². The molecule has 0 aliphatic rings. The van der Waals surface area contributed by atoms with Crippen molar-refractivity contribution in [2.24, 2.45) is 0 Å². The molecule has 0 saturated carbocycles. The molecule has 0 bridgehead atoms. The number of aliphatic hydroxyl groups excluding tert-OH is 1.